The second-order valence-corrected chi connectivity index (χ2v) is 13.6. The van der Waals surface area contributed by atoms with Gasteiger partial charge in [0.1, 0.15) is 11.9 Å². The SMILES string of the molecule is CN(C[C@H]1C[C@H](n2ccc3c2NCNC3N)[C@@H](O)[C@H]1O)[C@H]1C[C@H](CCC2Nc3ccc(C4(C)CCC4)cc3N2)C1. The Hall–Kier alpha value is -2.30. The van der Waals surface area contributed by atoms with Gasteiger partial charge in [-0.1, -0.05) is 19.4 Å². The van der Waals surface area contributed by atoms with Crippen molar-refractivity contribution in [1.29, 1.82) is 0 Å². The molecule has 0 saturated heterocycles. The number of aliphatic hydroxyl groups is 2. The summed E-state index contributed by atoms with van der Waals surface area (Å²) in [7, 11) is 2.19. The lowest BCUT2D eigenvalue weighted by molar-refractivity contribution is -0.00683. The van der Waals surface area contributed by atoms with Crippen LogP contribution in [-0.4, -0.2) is 64.4 Å². The topological polar surface area (TPSA) is 123 Å². The minimum absolute atomic E-state index is 0.0509. The third-order valence-corrected chi connectivity index (χ3v) is 11.0. The predicted molar refractivity (Wildman–Crippen MR) is 159 cm³/mol. The number of nitrogens with zero attached hydrogens (tertiary/aromatic N) is 2. The van der Waals surface area contributed by atoms with Gasteiger partial charge in [0.2, 0.25) is 0 Å². The summed E-state index contributed by atoms with van der Waals surface area (Å²) in [6.07, 6.45) is 10.1. The van der Waals surface area contributed by atoms with E-state index in [0.717, 1.165) is 36.7 Å². The van der Waals surface area contributed by atoms with Gasteiger partial charge in [0, 0.05) is 30.3 Å². The number of hydrogen-bond donors (Lipinski definition) is 7. The minimum atomic E-state index is -0.778. The lowest BCUT2D eigenvalue weighted by Crippen LogP contribution is -2.46. The number of nitrogens with two attached hydrogens (primary N) is 1. The third kappa shape index (κ3) is 4.60. The van der Waals surface area contributed by atoms with Gasteiger partial charge in [0.25, 0.3) is 0 Å². The smallest absolute Gasteiger partial charge is 0.113 e. The molecule has 0 amide bonds. The van der Waals surface area contributed by atoms with Crippen LogP contribution in [0.15, 0.2) is 30.5 Å². The van der Waals surface area contributed by atoms with Crippen molar-refractivity contribution in [2.24, 2.45) is 17.6 Å². The molecule has 218 valence electrons. The molecule has 3 aliphatic carbocycles. The maximum atomic E-state index is 11.0. The molecule has 1 aromatic heterocycles. The Bertz CT molecular complexity index is 1220. The first kappa shape index (κ1) is 26.6. The Morgan fingerprint density at radius 1 is 1.05 bits per heavy atom. The van der Waals surface area contributed by atoms with Crippen molar-refractivity contribution in [3.05, 3.63) is 41.6 Å². The van der Waals surface area contributed by atoms with E-state index in [1.54, 1.807) is 0 Å². The molecule has 8 N–H and O–H groups in total. The quantitative estimate of drug-likeness (QED) is 0.267. The largest absolute Gasteiger partial charge is 0.390 e. The predicted octanol–water partition coefficient (Wildman–Crippen LogP) is 3.50. The number of aliphatic hydroxyl groups excluding tert-OH is 2. The molecule has 3 saturated carbocycles. The first-order valence-electron chi connectivity index (χ1n) is 15.5. The van der Waals surface area contributed by atoms with Crippen LogP contribution in [0.1, 0.15) is 81.6 Å². The van der Waals surface area contributed by atoms with E-state index < -0.39 is 12.2 Å². The lowest BCUT2D eigenvalue weighted by atomic mass is 9.66. The number of rotatable bonds is 8. The zero-order valence-corrected chi connectivity index (χ0v) is 23.9. The summed E-state index contributed by atoms with van der Waals surface area (Å²) in [6, 6.07) is 9.39. The summed E-state index contributed by atoms with van der Waals surface area (Å²) in [5.41, 5.74) is 11.6. The monoisotopic (exact) mass is 549 g/mol. The molecule has 2 unspecified atom stereocenters. The highest BCUT2D eigenvalue weighted by molar-refractivity contribution is 5.75. The van der Waals surface area contributed by atoms with Crippen molar-refractivity contribution < 1.29 is 10.2 Å². The Labute approximate surface area is 237 Å². The summed E-state index contributed by atoms with van der Waals surface area (Å²) in [6.45, 7) is 3.81. The first-order chi connectivity index (χ1) is 19.3. The number of benzene rings is 1. The molecule has 6 atom stereocenters. The average molecular weight is 550 g/mol. The Morgan fingerprint density at radius 3 is 2.62 bits per heavy atom. The Morgan fingerprint density at radius 2 is 1.85 bits per heavy atom. The molecule has 9 heteroatoms. The number of hydrogen-bond acceptors (Lipinski definition) is 8. The molecule has 7 rings (SSSR count). The number of aromatic nitrogens is 1. The molecule has 5 aliphatic rings. The average Bonchev–Trinajstić information content (AvgIpc) is 3.58. The van der Waals surface area contributed by atoms with Gasteiger partial charge >= 0.3 is 0 Å². The van der Waals surface area contributed by atoms with Gasteiger partial charge in [-0.05, 0) is 87.1 Å². The second kappa shape index (κ2) is 10.2. The Kier molecular flexibility index (Phi) is 6.78. The zero-order valence-electron chi connectivity index (χ0n) is 23.9. The second-order valence-electron chi connectivity index (χ2n) is 13.6. The summed E-state index contributed by atoms with van der Waals surface area (Å²) >= 11 is 0. The summed E-state index contributed by atoms with van der Waals surface area (Å²) < 4.78 is 2.08. The fourth-order valence-corrected chi connectivity index (χ4v) is 8.03. The van der Waals surface area contributed by atoms with E-state index in [9.17, 15) is 10.2 Å². The highest BCUT2D eigenvalue weighted by atomic mass is 16.3. The summed E-state index contributed by atoms with van der Waals surface area (Å²) in [5, 5.41) is 35.9. The van der Waals surface area contributed by atoms with Crippen molar-refractivity contribution in [3.8, 4) is 0 Å². The van der Waals surface area contributed by atoms with E-state index in [2.05, 4.69) is 62.9 Å². The van der Waals surface area contributed by atoms with Gasteiger partial charge in [0.15, 0.2) is 0 Å². The van der Waals surface area contributed by atoms with E-state index in [-0.39, 0.29) is 18.1 Å². The third-order valence-electron chi connectivity index (χ3n) is 11.0. The summed E-state index contributed by atoms with van der Waals surface area (Å²) in [5.74, 6) is 1.77. The lowest BCUT2D eigenvalue weighted by Gasteiger charge is -2.43. The molecule has 3 fully saturated rings. The summed E-state index contributed by atoms with van der Waals surface area (Å²) in [4.78, 5) is 2.42. The first-order valence-corrected chi connectivity index (χ1v) is 15.5. The maximum absolute atomic E-state index is 11.0. The van der Waals surface area contributed by atoms with Crippen molar-refractivity contribution in [2.75, 3.05) is 36.2 Å². The fraction of sp³-hybridized carbons (Fsp3) is 0.677. The van der Waals surface area contributed by atoms with Gasteiger partial charge in [-0.15, -0.1) is 0 Å². The highest BCUT2D eigenvalue weighted by Gasteiger charge is 2.45. The normalized spacial score (nSPS) is 35.6. The zero-order chi connectivity index (χ0) is 27.6. The molecule has 1 aromatic carbocycles. The molecule has 2 aromatic rings. The Balaban J connectivity index is 0.874. The maximum Gasteiger partial charge on any atom is 0.113 e. The van der Waals surface area contributed by atoms with E-state index >= 15 is 0 Å². The molecule has 0 bridgehead atoms. The molecule has 9 nitrogen and oxygen atoms in total. The molecule has 0 radical (unpaired) electrons. The minimum Gasteiger partial charge on any atom is -0.390 e. The van der Waals surface area contributed by atoms with Crippen molar-refractivity contribution in [3.63, 3.8) is 0 Å². The van der Waals surface area contributed by atoms with Gasteiger partial charge in [-0.2, -0.15) is 0 Å². The van der Waals surface area contributed by atoms with E-state index in [0.29, 0.717) is 24.3 Å². The van der Waals surface area contributed by atoms with Gasteiger partial charge < -0.3 is 41.4 Å². The van der Waals surface area contributed by atoms with Crippen LogP contribution in [0.4, 0.5) is 17.2 Å². The van der Waals surface area contributed by atoms with Crippen LogP contribution in [0.25, 0.3) is 0 Å². The molecule has 40 heavy (non-hydrogen) atoms. The van der Waals surface area contributed by atoms with Crippen molar-refractivity contribution >= 4 is 17.2 Å². The van der Waals surface area contributed by atoms with Gasteiger partial charge in [0.05, 0.1) is 42.5 Å². The standard InChI is InChI=1S/C31H47N7O2/c1-31(9-3-10-31)20-5-6-23-24(15-20)36-26(35-23)7-4-18-12-21(13-18)37(2)16-19-14-25(28(40)27(19)39)38-11-8-22-29(32)33-17-34-30(22)38/h5-6,8,11,15,18-19,21,25-29,33-36,39-40H,3-4,7,9-10,12-14,16-17,32H2,1-2H3/t18-,19-,21-,25+,26?,27+,28-,29?/m1/s1. The number of nitrogens with one attached hydrogen (secondary N) is 4. The van der Waals surface area contributed by atoms with Crippen LogP contribution in [0.3, 0.4) is 0 Å². The van der Waals surface area contributed by atoms with E-state index in [4.69, 9.17) is 5.73 Å². The van der Waals surface area contributed by atoms with Crippen molar-refractivity contribution in [2.45, 2.75) is 100 Å². The fourth-order valence-electron chi connectivity index (χ4n) is 8.03. The number of anilines is 3. The van der Waals surface area contributed by atoms with Crippen LogP contribution in [-0.2, 0) is 5.41 Å². The van der Waals surface area contributed by atoms with Gasteiger partial charge in [-0.3, -0.25) is 5.32 Å². The van der Waals surface area contributed by atoms with Gasteiger partial charge in [-0.25, -0.2) is 0 Å². The molecule has 0 spiro atoms. The molecule has 2 aliphatic heterocycles. The van der Waals surface area contributed by atoms with Crippen molar-refractivity contribution in [1.82, 2.24) is 14.8 Å². The molecular formula is C31H47N7O2. The number of fused-ring (bicyclic) bond motifs is 2. The molecular weight excluding hydrogens is 502 g/mol. The molecule has 3 heterocycles. The van der Waals surface area contributed by atoms with E-state index in [1.807, 2.05) is 12.3 Å². The highest BCUT2D eigenvalue weighted by Crippen LogP contribution is 2.46. The van der Waals surface area contributed by atoms with E-state index in [1.165, 1.54) is 55.5 Å². The van der Waals surface area contributed by atoms with Crippen LogP contribution in [0, 0.1) is 11.8 Å². The van der Waals surface area contributed by atoms with Crippen LogP contribution >= 0.6 is 0 Å². The van der Waals surface area contributed by atoms with Crippen LogP contribution in [0.5, 0.6) is 0 Å². The van der Waals surface area contributed by atoms with Crippen LogP contribution < -0.4 is 27.0 Å². The van der Waals surface area contributed by atoms with Crippen LogP contribution in [0.2, 0.25) is 0 Å².